The molecule has 0 amide bonds. The molecule has 0 radical (unpaired) electrons. The summed E-state index contributed by atoms with van der Waals surface area (Å²) in [4.78, 5) is 17.1. The quantitative estimate of drug-likeness (QED) is 0.507. The number of aromatic nitrogens is 3. The molecule has 21 heavy (non-hydrogen) atoms. The van der Waals surface area contributed by atoms with E-state index in [-0.39, 0.29) is 5.58 Å². The van der Waals surface area contributed by atoms with E-state index in [9.17, 15) is 9.18 Å². The molecule has 0 aliphatic carbocycles. The van der Waals surface area contributed by atoms with Crippen molar-refractivity contribution in [3.63, 3.8) is 0 Å². The number of halogens is 1. The number of nitrogens with zero attached hydrogens (tertiary/aromatic N) is 3. The first-order valence-corrected chi connectivity index (χ1v) is 6.98. The van der Waals surface area contributed by atoms with E-state index in [0.29, 0.717) is 21.6 Å². The van der Waals surface area contributed by atoms with Gasteiger partial charge in [0.2, 0.25) is 4.96 Å². The van der Waals surface area contributed by atoms with Gasteiger partial charge < -0.3 is 4.42 Å². The third-order valence-electron chi connectivity index (χ3n) is 3.16. The maximum Gasteiger partial charge on any atom is 0.345 e. The lowest BCUT2D eigenvalue weighted by Gasteiger charge is -2.00. The number of aryl methyl sites for hydroxylation is 1. The molecule has 3 aromatic heterocycles. The monoisotopic (exact) mass is 301 g/mol. The van der Waals surface area contributed by atoms with Crippen LogP contribution in [0.4, 0.5) is 4.39 Å². The van der Waals surface area contributed by atoms with Crippen LogP contribution in [-0.2, 0) is 0 Å². The lowest BCUT2D eigenvalue weighted by molar-refractivity contribution is 0.556. The number of fused-ring (bicyclic) bond motifs is 2. The van der Waals surface area contributed by atoms with Gasteiger partial charge in [-0.25, -0.2) is 18.7 Å². The highest BCUT2D eigenvalue weighted by molar-refractivity contribution is 7.16. The fraction of sp³-hybridized carbons (Fsp3) is 0.0714. The fourth-order valence-corrected chi connectivity index (χ4v) is 2.95. The molecule has 4 aromatic rings. The Morgan fingerprint density at radius 3 is 3.05 bits per heavy atom. The van der Waals surface area contributed by atoms with E-state index in [2.05, 4.69) is 10.1 Å². The van der Waals surface area contributed by atoms with Crippen LogP contribution in [0.25, 0.3) is 27.2 Å². The lowest BCUT2D eigenvalue weighted by Crippen LogP contribution is -2.05. The Bertz CT molecular complexity index is 1050. The maximum atomic E-state index is 13.2. The van der Waals surface area contributed by atoms with Gasteiger partial charge in [-0.3, -0.25) is 0 Å². The van der Waals surface area contributed by atoms with E-state index in [0.717, 1.165) is 5.01 Å². The molecule has 0 aliphatic rings. The summed E-state index contributed by atoms with van der Waals surface area (Å²) in [5, 5.41) is 5.82. The summed E-state index contributed by atoms with van der Waals surface area (Å²) in [5.41, 5.74) is 0.598. The van der Waals surface area contributed by atoms with Crippen molar-refractivity contribution in [3.05, 3.63) is 51.7 Å². The Balaban J connectivity index is 2.03. The Morgan fingerprint density at radius 1 is 1.33 bits per heavy atom. The average molecular weight is 301 g/mol. The summed E-state index contributed by atoms with van der Waals surface area (Å²) in [7, 11) is 0. The van der Waals surface area contributed by atoms with Crippen LogP contribution in [0.5, 0.6) is 0 Å². The van der Waals surface area contributed by atoms with E-state index >= 15 is 0 Å². The molecule has 1 aromatic carbocycles. The predicted molar refractivity (Wildman–Crippen MR) is 77.0 cm³/mol. The summed E-state index contributed by atoms with van der Waals surface area (Å²) in [6, 6.07) is 5.75. The molecule has 0 atom stereocenters. The van der Waals surface area contributed by atoms with Gasteiger partial charge in [0.1, 0.15) is 22.1 Å². The Hall–Kier alpha value is -2.54. The largest absolute Gasteiger partial charge is 0.422 e. The zero-order valence-corrected chi connectivity index (χ0v) is 11.6. The summed E-state index contributed by atoms with van der Waals surface area (Å²) in [6.45, 7) is 1.87. The SMILES string of the molecule is Cc1nn2c(-c3cc4ccc(F)cc4oc3=O)cnc2s1. The van der Waals surface area contributed by atoms with E-state index in [4.69, 9.17) is 4.42 Å². The first-order chi connectivity index (χ1) is 10.1. The number of imidazole rings is 1. The van der Waals surface area contributed by atoms with Crippen molar-refractivity contribution in [2.45, 2.75) is 6.92 Å². The molecule has 0 bridgehead atoms. The van der Waals surface area contributed by atoms with Crippen molar-refractivity contribution in [3.8, 4) is 11.3 Å². The van der Waals surface area contributed by atoms with Crippen LogP contribution < -0.4 is 5.63 Å². The minimum Gasteiger partial charge on any atom is -0.422 e. The number of benzene rings is 1. The third kappa shape index (κ3) is 1.85. The second-order valence-electron chi connectivity index (χ2n) is 4.59. The summed E-state index contributed by atoms with van der Waals surface area (Å²) < 4.78 is 20.0. The minimum atomic E-state index is -0.541. The Morgan fingerprint density at radius 2 is 2.19 bits per heavy atom. The van der Waals surface area contributed by atoms with E-state index in [1.807, 2.05) is 6.92 Å². The van der Waals surface area contributed by atoms with Gasteiger partial charge in [-0.2, -0.15) is 5.10 Å². The first-order valence-electron chi connectivity index (χ1n) is 6.17. The molecule has 0 unspecified atom stereocenters. The Kier molecular flexibility index (Phi) is 2.46. The van der Waals surface area contributed by atoms with Crippen molar-refractivity contribution < 1.29 is 8.81 Å². The van der Waals surface area contributed by atoms with Crippen molar-refractivity contribution in [1.82, 2.24) is 14.6 Å². The van der Waals surface area contributed by atoms with E-state index < -0.39 is 11.4 Å². The second kappa shape index (κ2) is 4.23. The van der Waals surface area contributed by atoms with Gasteiger partial charge in [-0.1, -0.05) is 11.3 Å². The zero-order valence-electron chi connectivity index (χ0n) is 10.8. The van der Waals surface area contributed by atoms with Gasteiger partial charge in [0.05, 0.1) is 11.8 Å². The van der Waals surface area contributed by atoms with Crippen molar-refractivity contribution in [2.75, 3.05) is 0 Å². The van der Waals surface area contributed by atoms with Gasteiger partial charge in [0, 0.05) is 11.5 Å². The molecule has 0 spiro atoms. The highest BCUT2D eigenvalue weighted by Gasteiger charge is 2.15. The molecular formula is C14H8FN3O2S. The van der Waals surface area contributed by atoms with Crippen LogP contribution in [-0.4, -0.2) is 14.6 Å². The van der Waals surface area contributed by atoms with E-state index in [1.165, 1.54) is 23.5 Å². The van der Waals surface area contributed by atoms with E-state index in [1.54, 1.807) is 22.8 Å². The number of hydrogen-bond acceptors (Lipinski definition) is 5. The molecule has 0 saturated carbocycles. The molecule has 4 rings (SSSR count). The van der Waals surface area contributed by atoms with Crippen LogP contribution in [0.15, 0.2) is 39.7 Å². The molecule has 0 fully saturated rings. The molecule has 0 saturated heterocycles. The molecule has 0 N–H and O–H groups in total. The summed E-state index contributed by atoms with van der Waals surface area (Å²) >= 11 is 1.44. The first kappa shape index (κ1) is 12.2. The van der Waals surface area contributed by atoms with Crippen molar-refractivity contribution in [1.29, 1.82) is 0 Å². The molecule has 0 aliphatic heterocycles. The highest BCUT2D eigenvalue weighted by atomic mass is 32.1. The second-order valence-corrected chi connectivity index (χ2v) is 5.75. The number of rotatable bonds is 1. The topological polar surface area (TPSA) is 60.4 Å². The summed E-state index contributed by atoms with van der Waals surface area (Å²) in [6.07, 6.45) is 1.58. The number of hydrogen-bond donors (Lipinski definition) is 0. The van der Waals surface area contributed by atoms with Crippen molar-refractivity contribution >= 4 is 27.3 Å². The van der Waals surface area contributed by atoms with Gasteiger partial charge >= 0.3 is 5.63 Å². The summed E-state index contributed by atoms with van der Waals surface area (Å²) in [5.74, 6) is -0.444. The van der Waals surface area contributed by atoms with Crippen LogP contribution in [0.3, 0.4) is 0 Å². The molecule has 5 nitrogen and oxygen atoms in total. The molecule has 104 valence electrons. The zero-order chi connectivity index (χ0) is 14.6. The van der Waals surface area contributed by atoms with Gasteiger partial charge in [-0.05, 0) is 25.1 Å². The van der Waals surface area contributed by atoms with Gasteiger partial charge in [-0.15, -0.1) is 0 Å². The van der Waals surface area contributed by atoms with Crippen LogP contribution in [0.1, 0.15) is 5.01 Å². The Labute approximate surface area is 121 Å². The van der Waals surface area contributed by atoms with Crippen molar-refractivity contribution in [2.24, 2.45) is 0 Å². The minimum absolute atomic E-state index is 0.221. The maximum absolute atomic E-state index is 13.2. The average Bonchev–Trinajstić information content (AvgIpc) is 2.97. The highest BCUT2D eigenvalue weighted by Crippen LogP contribution is 2.24. The molecule has 3 heterocycles. The predicted octanol–water partition coefficient (Wildman–Crippen LogP) is 3.01. The lowest BCUT2D eigenvalue weighted by atomic mass is 10.1. The molecular weight excluding hydrogens is 293 g/mol. The van der Waals surface area contributed by atoms with Crippen LogP contribution in [0.2, 0.25) is 0 Å². The van der Waals surface area contributed by atoms with Crippen LogP contribution in [0, 0.1) is 12.7 Å². The standard InChI is InChI=1S/C14H8FN3O2S/c1-7-17-18-11(6-16-14(18)21-7)10-4-8-2-3-9(15)5-12(8)20-13(10)19/h2-6H,1H3. The third-order valence-corrected chi connectivity index (χ3v) is 4.00. The van der Waals surface area contributed by atoms with Gasteiger partial charge in [0.15, 0.2) is 0 Å². The smallest absolute Gasteiger partial charge is 0.345 e. The fourth-order valence-electron chi connectivity index (χ4n) is 2.24. The van der Waals surface area contributed by atoms with Gasteiger partial charge in [0.25, 0.3) is 0 Å². The normalized spacial score (nSPS) is 11.5. The molecule has 7 heteroatoms. The van der Waals surface area contributed by atoms with Crippen LogP contribution >= 0.6 is 11.3 Å².